The molecule has 0 N–H and O–H groups in total. The van der Waals surface area contributed by atoms with Crippen molar-refractivity contribution in [2.45, 2.75) is 107 Å². The number of benzene rings is 1. The molecule has 0 unspecified atom stereocenters. The molecule has 1 aromatic heterocycles. The molecule has 1 heterocycles. The van der Waals surface area contributed by atoms with Crippen molar-refractivity contribution in [3.63, 3.8) is 0 Å². The Balaban J connectivity index is 0.00000392. The van der Waals surface area contributed by atoms with E-state index in [2.05, 4.69) is 94.7 Å². The summed E-state index contributed by atoms with van der Waals surface area (Å²) in [4.78, 5) is 0. The van der Waals surface area contributed by atoms with Crippen molar-refractivity contribution in [3.05, 3.63) is 39.2 Å². The molecule has 0 spiro atoms. The van der Waals surface area contributed by atoms with Gasteiger partial charge in [-0.2, -0.15) is 5.10 Å². The Kier molecular flexibility index (Phi) is 7.25. The van der Waals surface area contributed by atoms with Crippen LogP contribution in [0.25, 0.3) is 11.1 Å². The van der Waals surface area contributed by atoms with E-state index in [4.69, 9.17) is 5.10 Å². The molecule has 3 heteroatoms. The number of nitrogens with zero attached hydrogens (tertiary/aromatic N) is 2. The molecule has 1 aromatic carbocycles. The van der Waals surface area contributed by atoms with Crippen LogP contribution in [-0.2, 0) is 31.3 Å². The molecule has 0 saturated carbocycles. The number of hydrogen-bond acceptors (Lipinski definition) is 1. The first-order valence-electron chi connectivity index (χ1n) is 10.3. The van der Waals surface area contributed by atoms with Crippen molar-refractivity contribution >= 4 is 0 Å². The van der Waals surface area contributed by atoms with Gasteiger partial charge in [0.25, 0.3) is 0 Å². The molecule has 0 saturated heterocycles. The summed E-state index contributed by atoms with van der Waals surface area (Å²) < 4.78 is 2.28. The van der Waals surface area contributed by atoms with Gasteiger partial charge >= 0.3 is 0 Å². The monoisotopic (exact) mass is 474 g/mol. The molecule has 0 aliphatic carbocycles. The summed E-state index contributed by atoms with van der Waals surface area (Å²) in [5, 5.41) is 5.20. The summed E-state index contributed by atoms with van der Waals surface area (Å²) in [6, 6.07) is 0.335. The molecule has 2 nitrogen and oxygen atoms in total. The fourth-order valence-corrected chi connectivity index (χ4v) is 4.16. The van der Waals surface area contributed by atoms with Crippen molar-refractivity contribution in [2.75, 3.05) is 0 Å². The standard InChI is InChI=1S/C25H40N2.Pd/c1-14(2)27-23(25(11,12)13)21(22(26-27)24(8,9)10)20-18(6)16(4)15(3)17(5)19(20)7;/h14H,1-13H3;. The van der Waals surface area contributed by atoms with Gasteiger partial charge < -0.3 is 0 Å². The third-order valence-electron chi connectivity index (χ3n) is 6.07. The largest absolute Gasteiger partial charge is 0.266 e. The summed E-state index contributed by atoms with van der Waals surface area (Å²) in [5.74, 6) is 0. The molecular formula is C25H40N2Pd. The number of aromatic nitrogens is 2. The van der Waals surface area contributed by atoms with Crippen LogP contribution in [0, 0.1) is 34.6 Å². The maximum absolute atomic E-state index is 5.20. The van der Waals surface area contributed by atoms with Gasteiger partial charge in [0.1, 0.15) is 0 Å². The van der Waals surface area contributed by atoms with E-state index in [1.54, 1.807) is 0 Å². The molecule has 2 aromatic rings. The second-order valence-electron chi connectivity index (χ2n) is 10.6. The second-order valence-corrected chi connectivity index (χ2v) is 10.6. The molecule has 0 aliphatic rings. The SMILES string of the molecule is Cc1c(C)c(C)c(-c2c(C(C)(C)C)nn(C(C)C)c2C(C)(C)C)c(C)c1C.[Pd]. The minimum Gasteiger partial charge on any atom is -0.266 e. The van der Waals surface area contributed by atoms with Gasteiger partial charge in [0.05, 0.1) is 11.4 Å². The molecule has 0 atom stereocenters. The van der Waals surface area contributed by atoms with E-state index in [-0.39, 0.29) is 31.3 Å². The predicted octanol–water partition coefficient (Wildman–Crippen LogP) is 7.27. The Labute approximate surface area is 187 Å². The van der Waals surface area contributed by atoms with Crippen LogP contribution in [0.15, 0.2) is 0 Å². The van der Waals surface area contributed by atoms with Gasteiger partial charge in [0.15, 0.2) is 0 Å². The summed E-state index contributed by atoms with van der Waals surface area (Å²) in [7, 11) is 0. The molecule has 28 heavy (non-hydrogen) atoms. The van der Waals surface area contributed by atoms with Crippen LogP contribution in [0.3, 0.4) is 0 Å². The maximum atomic E-state index is 5.20. The fraction of sp³-hybridized carbons (Fsp3) is 0.640. The molecular weight excluding hydrogens is 435 g/mol. The third kappa shape index (κ3) is 4.17. The minimum absolute atomic E-state index is 0. The van der Waals surface area contributed by atoms with Crippen LogP contribution in [0.1, 0.15) is 101 Å². The van der Waals surface area contributed by atoms with Gasteiger partial charge in [-0.1, -0.05) is 41.5 Å². The van der Waals surface area contributed by atoms with Gasteiger partial charge in [0, 0.05) is 42.9 Å². The Morgan fingerprint density at radius 3 is 1.36 bits per heavy atom. The van der Waals surface area contributed by atoms with Crippen LogP contribution in [0.2, 0.25) is 0 Å². The number of hydrogen-bond donors (Lipinski definition) is 0. The molecule has 0 radical (unpaired) electrons. The molecule has 0 fully saturated rings. The van der Waals surface area contributed by atoms with E-state index >= 15 is 0 Å². The average Bonchev–Trinajstić information content (AvgIpc) is 2.92. The van der Waals surface area contributed by atoms with Crippen molar-refractivity contribution in [1.29, 1.82) is 0 Å². The van der Waals surface area contributed by atoms with Crippen molar-refractivity contribution in [2.24, 2.45) is 0 Å². The van der Waals surface area contributed by atoms with Crippen LogP contribution in [0.5, 0.6) is 0 Å². The zero-order valence-electron chi connectivity index (χ0n) is 20.3. The Morgan fingerprint density at radius 2 is 1.04 bits per heavy atom. The van der Waals surface area contributed by atoms with E-state index in [1.807, 2.05) is 0 Å². The van der Waals surface area contributed by atoms with Crippen molar-refractivity contribution in [3.8, 4) is 11.1 Å². The number of rotatable bonds is 2. The van der Waals surface area contributed by atoms with E-state index in [0.717, 1.165) is 0 Å². The van der Waals surface area contributed by atoms with Gasteiger partial charge in [-0.15, -0.1) is 0 Å². The quantitative estimate of drug-likeness (QED) is 0.418. The van der Waals surface area contributed by atoms with Crippen molar-refractivity contribution < 1.29 is 20.4 Å². The average molecular weight is 475 g/mol. The summed E-state index contributed by atoms with van der Waals surface area (Å²) in [6.45, 7) is 29.6. The van der Waals surface area contributed by atoms with Crippen LogP contribution >= 0.6 is 0 Å². The van der Waals surface area contributed by atoms with Gasteiger partial charge in [-0.25, -0.2) is 0 Å². The molecule has 0 bridgehead atoms. The molecule has 0 amide bonds. The normalized spacial score (nSPS) is 12.5. The van der Waals surface area contributed by atoms with Gasteiger partial charge in [0.2, 0.25) is 0 Å². The van der Waals surface area contributed by atoms with Crippen LogP contribution in [0.4, 0.5) is 0 Å². The Hall–Kier alpha value is -0.908. The topological polar surface area (TPSA) is 17.8 Å². The van der Waals surface area contributed by atoms with E-state index in [9.17, 15) is 0 Å². The van der Waals surface area contributed by atoms with Crippen LogP contribution in [-0.4, -0.2) is 9.78 Å². The first-order chi connectivity index (χ1) is 12.1. The second kappa shape index (κ2) is 8.08. The van der Waals surface area contributed by atoms with E-state index < -0.39 is 0 Å². The molecule has 2 rings (SSSR count). The summed E-state index contributed by atoms with van der Waals surface area (Å²) >= 11 is 0. The predicted molar refractivity (Wildman–Crippen MR) is 119 cm³/mol. The molecule has 0 aliphatic heterocycles. The maximum Gasteiger partial charge on any atom is 0.0759 e. The first-order valence-corrected chi connectivity index (χ1v) is 10.3. The summed E-state index contributed by atoms with van der Waals surface area (Å²) in [5.41, 5.74) is 12.4. The van der Waals surface area contributed by atoms with E-state index in [0.29, 0.717) is 6.04 Å². The molecule has 160 valence electrons. The van der Waals surface area contributed by atoms with E-state index in [1.165, 1.54) is 50.3 Å². The zero-order valence-corrected chi connectivity index (χ0v) is 21.8. The smallest absolute Gasteiger partial charge is 0.0759 e. The third-order valence-corrected chi connectivity index (χ3v) is 6.07. The van der Waals surface area contributed by atoms with Gasteiger partial charge in [-0.3, -0.25) is 4.68 Å². The van der Waals surface area contributed by atoms with Crippen LogP contribution < -0.4 is 0 Å². The first kappa shape index (κ1) is 25.1. The Bertz CT molecular complexity index is 843. The summed E-state index contributed by atoms with van der Waals surface area (Å²) in [6.07, 6.45) is 0. The van der Waals surface area contributed by atoms with Crippen molar-refractivity contribution in [1.82, 2.24) is 9.78 Å². The zero-order chi connectivity index (χ0) is 21.1. The van der Waals surface area contributed by atoms with Gasteiger partial charge in [-0.05, 0) is 81.8 Å². The fourth-order valence-electron chi connectivity index (χ4n) is 4.16. The minimum atomic E-state index is -0.0128. The Morgan fingerprint density at radius 1 is 0.643 bits per heavy atom.